The molecule has 0 aliphatic carbocycles. The van der Waals surface area contributed by atoms with Crippen LogP contribution in [0.25, 0.3) is 0 Å². The summed E-state index contributed by atoms with van der Waals surface area (Å²) in [7, 11) is 0. The predicted octanol–water partition coefficient (Wildman–Crippen LogP) is 1.27. The van der Waals surface area contributed by atoms with E-state index in [0.29, 0.717) is 0 Å². The van der Waals surface area contributed by atoms with Gasteiger partial charge in [0.1, 0.15) is 18.6 Å². The van der Waals surface area contributed by atoms with Crippen LogP contribution in [0.5, 0.6) is 0 Å². The van der Waals surface area contributed by atoms with Gasteiger partial charge < -0.3 is 4.74 Å². The van der Waals surface area contributed by atoms with Crippen molar-refractivity contribution in [3.05, 3.63) is 33.5 Å². The maximum atomic E-state index is 9.92. The van der Waals surface area contributed by atoms with Gasteiger partial charge in [-0.15, -0.1) is 9.81 Å². The molecule has 52 valence electrons. The lowest BCUT2D eigenvalue weighted by atomic mass is 10.3. The highest BCUT2D eigenvalue weighted by atomic mass is 16.5. The summed E-state index contributed by atoms with van der Waals surface area (Å²) in [4.78, 5) is 19.8. The molecule has 0 spiro atoms. The van der Waals surface area contributed by atoms with Crippen LogP contribution in [0.15, 0.2) is 34.1 Å². The van der Waals surface area contributed by atoms with Gasteiger partial charge in [0, 0.05) is 0 Å². The van der Waals surface area contributed by atoms with E-state index in [1.54, 1.807) is 0 Å². The minimum Gasteiger partial charge on any atom is -0.495 e. The Balaban J connectivity index is 2.86. The Labute approximate surface area is 56.3 Å². The Kier molecular flexibility index (Phi) is 1.89. The van der Waals surface area contributed by atoms with Crippen molar-refractivity contribution in [1.82, 2.24) is 0 Å². The van der Waals surface area contributed by atoms with E-state index < -0.39 is 0 Å². The average molecular weight is 140 g/mol. The summed E-state index contributed by atoms with van der Waals surface area (Å²) in [6, 6.07) is 0. The van der Waals surface area contributed by atoms with E-state index in [1.165, 1.54) is 6.08 Å². The maximum Gasteiger partial charge on any atom is 0.171 e. The van der Waals surface area contributed by atoms with Crippen LogP contribution in [0, 0.1) is 9.81 Å². The van der Waals surface area contributed by atoms with Crippen molar-refractivity contribution in [2.24, 2.45) is 10.4 Å². The molecule has 0 fully saturated rings. The van der Waals surface area contributed by atoms with Gasteiger partial charge in [0.15, 0.2) is 5.70 Å². The fourth-order valence-corrected chi connectivity index (χ4v) is 0.571. The molecule has 5 nitrogen and oxygen atoms in total. The third-order valence-electron chi connectivity index (χ3n) is 1.03. The molecule has 1 rings (SSSR count). The summed E-state index contributed by atoms with van der Waals surface area (Å²) in [5.74, 6) is 0. The molecule has 1 heterocycles. The molecule has 0 unspecified atom stereocenters. The highest BCUT2D eigenvalue weighted by Gasteiger charge is 2.09. The van der Waals surface area contributed by atoms with E-state index in [-0.39, 0.29) is 18.0 Å². The van der Waals surface area contributed by atoms with Gasteiger partial charge in [-0.05, 0) is 16.4 Å². The summed E-state index contributed by atoms with van der Waals surface area (Å²) in [6.45, 7) is 0.264. The molecule has 0 amide bonds. The summed E-state index contributed by atoms with van der Waals surface area (Å²) < 4.78 is 4.67. The first-order valence-corrected chi connectivity index (χ1v) is 2.57. The lowest BCUT2D eigenvalue weighted by Crippen LogP contribution is -1.95. The largest absolute Gasteiger partial charge is 0.495 e. The quantitative estimate of drug-likeness (QED) is 0.542. The lowest BCUT2D eigenvalue weighted by Gasteiger charge is -2.03. The standard InChI is InChI=1S/C5H4N2O3/c8-6-4-1-2-10-3-5(4)7-9/h1,3H,2H2. The van der Waals surface area contributed by atoms with Crippen LogP contribution in [0.3, 0.4) is 0 Å². The zero-order valence-corrected chi connectivity index (χ0v) is 4.98. The number of hydrogen-bond acceptors (Lipinski definition) is 5. The molecule has 5 heteroatoms. The van der Waals surface area contributed by atoms with Gasteiger partial charge in [-0.1, -0.05) is 0 Å². The van der Waals surface area contributed by atoms with Gasteiger partial charge in [-0.3, -0.25) is 0 Å². The summed E-state index contributed by atoms with van der Waals surface area (Å²) in [5.41, 5.74) is -0.0116. The van der Waals surface area contributed by atoms with Gasteiger partial charge in [0.2, 0.25) is 0 Å². The second-order valence-corrected chi connectivity index (χ2v) is 1.61. The third kappa shape index (κ3) is 1.07. The predicted molar refractivity (Wildman–Crippen MR) is 33.7 cm³/mol. The minimum absolute atomic E-state index is 0.0428. The normalized spacial score (nSPS) is 16.4. The molecule has 0 atom stereocenters. The van der Waals surface area contributed by atoms with Gasteiger partial charge in [0.05, 0.1) is 0 Å². The Morgan fingerprint density at radius 3 is 2.50 bits per heavy atom. The Morgan fingerprint density at radius 2 is 2.00 bits per heavy atom. The molecule has 0 aromatic heterocycles. The number of ether oxygens (including phenoxy) is 1. The second-order valence-electron chi connectivity index (χ2n) is 1.61. The van der Waals surface area contributed by atoms with Crippen LogP contribution in [-0.4, -0.2) is 6.61 Å². The van der Waals surface area contributed by atoms with Crippen molar-refractivity contribution in [3.8, 4) is 0 Å². The first-order chi connectivity index (χ1) is 4.88. The van der Waals surface area contributed by atoms with E-state index in [9.17, 15) is 9.81 Å². The number of rotatable bonds is 2. The molecule has 0 aromatic rings. The van der Waals surface area contributed by atoms with Crippen LogP contribution < -0.4 is 0 Å². The molecule has 0 aromatic carbocycles. The highest BCUT2D eigenvalue weighted by Crippen LogP contribution is 2.15. The molecule has 0 saturated carbocycles. The van der Waals surface area contributed by atoms with Gasteiger partial charge in [-0.2, -0.15) is 0 Å². The van der Waals surface area contributed by atoms with Gasteiger partial charge in [0.25, 0.3) is 0 Å². The van der Waals surface area contributed by atoms with Gasteiger partial charge in [-0.25, -0.2) is 0 Å². The average Bonchev–Trinajstić information content (AvgIpc) is 2.04. The molecule has 1 aliphatic rings. The summed E-state index contributed by atoms with van der Waals surface area (Å²) in [6.07, 6.45) is 2.51. The zero-order chi connectivity index (χ0) is 7.40. The molecule has 0 N–H and O–H groups in total. The van der Waals surface area contributed by atoms with Gasteiger partial charge >= 0.3 is 0 Å². The molecular weight excluding hydrogens is 136 g/mol. The van der Waals surface area contributed by atoms with Crippen LogP contribution >= 0.6 is 0 Å². The monoisotopic (exact) mass is 140 g/mol. The minimum atomic E-state index is -0.0544. The van der Waals surface area contributed by atoms with Crippen molar-refractivity contribution in [1.29, 1.82) is 0 Å². The van der Waals surface area contributed by atoms with E-state index in [4.69, 9.17) is 0 Å². The van der Waals surface area contributed by atoms with Crippen molar-refractivity contribution < 1.29 is 4.74 Å². The summed E-state index contributed by atoms with van der Waals surface area (Å²) >= 11 is 0. The SMILES string of the molecule is O=NC1=CCOC=C1N=O. The maximum absolute atomic E-state index is 9.92. The molecular formula is C5H4N2O3. The third-order valence-corrected chi connectivity index (χ3v) is 1.03. The molecule has 0 saturated heterocycles. The molecule has 1 aliphatic heterocycles. The highest BCUT2D eigenvalue weighted by molar-refractivity contribution is 5.28. The zero-order valence-electron chi connectivity index (χ0n) is 4.98. The topological polar surface area (TPSA) is 68.1 Å². The lowest BCUT2D eigenvalue weighted by molar-refractivity contribution is 0.280. The van der Waals surface area contributed by atoms with Crippen LogP contribution in [-0.2, 0) is 4.74 Å². The Bertz CT molecular complexity index is 195. The fourth-order valence-electron chi connectivity index (χ4n) is 0.571. The van der Waals surface area contributed by atoms with E-state index in [0.717, 1.165) is 6.26 Å². The molecule has 0 radical (unpaired) electrons. The van der Waals surface area contributed by atoms with Crippen molar-refractivity contribution in [2.75, 3.05) is 6.61 Å². The van der Waals surface area contributed by atoms with Crippen molar-refractivity contribution in [2.45, 2.75) is 0 Å². The Hall–Kier alpha value is -1.52. The first-order valence-electron chi connectivity index (χ1n) is 2.57. The van der Waals surface area contributed by atoms with Crippen LogP contribution in [0.4, 0.5) is 0 Å². The second kappa shape index (κ2) is 2.86. The number of hydrogen-bond donors (Lipinski definition) is 0. The fraction of sp³-hybridized carbons (Fsp3) is 0.200. The summed E-state index contributed by atoms with van der Waals surface area (Å²) in [5, 5.41) is 5.09. The van der Waals surface area contributed by atoms with Crippen LogP contribution in [0.1, 0.15) is 0 Å². The van der Waals surface area contributed by atoms with E-state index >= 15 is 0 Å². The molecule has 10 heavy (non-hydrogen) atoms. The Morgan fingerprint density at radius 1 is 1.30 bits per heavy atom. The number of nitrogens with zero attached hydrogens (tertiary/aromatic N) is 2. The number of nitroso groups, excluding NO2 is 2. The van der Waals surface area contributed by atoms with E-state index in [2.05, 4.69) is 15.1 Å². The van der Waals surface area contributed by atoms with Crippen LogP contribution in [0.2, 0.25) is 0 Å². The van der Waals surface area contributed by atoms with Crippen molar-refractivity contribution in [3.63, 3.8) is 0 Å². The van der Waals surface area contributed by atoms with E-state index in [1.807, 2.05) is 0 Å². The first kappa shape index (κ1) is 6.60. The smallest absolute Gasteiger partial charge is 0.171 e. The van der Waals surface area contributed by atoms with Crippen molar-refractivity contribution >= 4 is 0 Å². The molecule has 0 bridgehead atoms.